The lowest BCUT2D eigenvalue weighted by atomic mass is 10.5. The van der Waals surface area contributed by atoms with Gasteiger partial charge in [-0.15, -0.1) is 0 Å². The topological polar surface area (TPSA) is 9.72 Å². The van der Waals surface area contributed by atoms with Crippen LogP contribution in [0.1, 0.15) is 0 Å². The molecule has 54 valence electrons. The maximum absolute atomic E-state index is 2.38. The summed E-state index contributed by atoms with van der Waals surface area (Å²) in [6, 6.07) is 0. The van der Waals surface area contributed by atoms with Crippen molar-refractivity contribution < 1.29 is 0 Å². The van der Waals surface area contributed by atoms with Gasteiger partial charge in [0.05, 0.1) is 20.0 Å². The van der Waals surface area contributed by atoms with Gasteiger partial charge in [-0.3, -0.25) is 14.7 Å². The van der Waals surface area contributed by atoms with Crippen LogP contribution < -0.4 is 0 Å². The molecule has 0 bridgehead atoms. The molecule has 0 aromatic carbocycles. The minimum Gasteiger partial charge on any atom is -0.297 e. The van der Waals surface area contributed by atoms with Gasteiger partial charge in [0, 0.05) is 0 Å². The third-order valence-electron chi connectivity index (χ3n) is 1.37. The van der Waals surface area contributed by atoms with Crippen molar-refractivity contribution in [3.63, 3.8) is 0 Å². The van der Waals surface area contributed by atoms with E-state index in [2.05, 4.69) is 35.8 Å². The first kappa shape index (κ1) is 6.99. The van der Waals surface area contributed by atoms with E-state index < -0.39 is 0 Å². The summed E-state index contributed by atoms with van der Waals surface area (Å²) in [5.41, 5.74) is 0. The molecule has 0 radical (unpaired) electrons. The summed E-state index contributed by atoms with van der Waals surface area (Å²) >= 11 is 0. The van der Waals surface area contributed by atoms with Crippen molar-refractivity contribution in [1.29, 1.82) is 0 Å². The molecule has 0 unspecified atom stereocenters. The summed E-state index contributed by atoms with van der Waals surface area (Å²) < 4.78 is 0. The standard InChI is InChI=1S/C6H15N3/c1-7(2)4-9-5-8(3)6-9/h4-6H2,1-3H3. The normalized spacial score (nSPS) is 22.7. The van der Waals surface area contributed by atoms with Crippen molar-refractivity contribution in [1.82, 2.24) is 14.7 Å². The highest BCUT2D eigenvalue weighted by molar-refractivity contribution is 4.63. The Labute approximate surface area is 56.8 Å². The maximum Gasteiger partial charge on any atom is 0.0539 e. The van der Waals surface area contributed by atoms with Gasteiger partial charge in [-0.2, -0.15) is 0 Å². The Morgan fingerprint density at radius 3 is 2.22 bits per heavy atom. The molecule has 3 heteroatoms. The zero-order chi connectivity index (χ0) is 6.85. The first-order chi connectivity index (χ1) is 4.18. The van der Waals surface area contributed by atoms with E-state index in [1.807, 2.05) is 0 Å². The highest BCUT2D eigenvalue weighted by Gasteiger charge is 2.18. The van der Waals surface area contributed by atoms with Crippen LogP contribution in [0.25, 0.3) is 0 Å². The molecule has 0 aromatic rings. The summed E-state index contributed by atoms with van der Waals surface area (Å²) in [7, 11) is 6.32. The van der Waals surface area contributed by atoms with Crippen LogP contribution in [0, 0.1) is 0 Å². The van der Waals surface area contributed by atoms with Crippen LogP contribution in [0.15, 0.2) is 0 Å². The molecular weight excluding hydrogens is 114 g/mol. The zero-order valence-electron chi connectivity index (χ0n) is 6.46. The molecule has 1 fully saturated rings. The average Bonchev–Trinajstić information content (AvgIpc) is 1.60. The van der Waals surface area contributed by atoms with Crippen LogP contribution >= 0.6 is 0 Å². The molecule has 0 N–H and O–H groups in total. The lowest BCUT2D eigenvalue weighted by Gasteiger charge is -2.41. The quantitative estimate of drug-likeness (QED) is 0.505. The van der Waals surface area contributed by atoms with Gasteiger partial charge in [0.2, 0.25) is 0 Å². The van der Waals surface area contributed by atoms with Crippen molar-refractivity contribution >= 4 is 0 Å². The van der Waals surface area contributed by atoms with Gasteiger partial charge in [0.1, 0.15) is 0 Å². The smallest absolute Gasteiger partial charge is 0.0539 e. The summed E-state index contributed by atoms with van der Waals surface area (Å²) in [6.07, 6.45) is 0. The lowest BCUT2D eigenvalue weighted by Crippen LogP contribution is -2.55. The fourth-order valence-electron chi connectivity index (χ4n) is 1.13. The fraction of sp³-hybridized carbons (Fsp3) is 1.00. The minimum absolute atomic E-state index is 1.09. The van der Waals surface area contributed by atoms with Gasteiger partial charge in [0.25, 0.3) is 0 Å². The molecule has 1 rings (SSSR count). The van der Waals surface area contributed by atoms with Crippen LogP contribution in [-0.2, 0) is 0 Å². The van der Waals surface area contributed by atoms with E-state index in [1.165, 1.54) is 0 Å². The van der Waals surface area contributed by atoms with E-state index in [-0.39, 0.29) is 0 Å². The lowest BCUT2D eigenvalue weighted by molar-refractivity contribution is -0.0362. The molecule has 9 heavy (non-hydrogen) atoms. The molecule has 0 aromatic heterocycles. The first-order valence-corrected chi connectivity index (χ1v) is 3.24. The second-order valence-corrected chi connectivity index (χ2v) is 3.03. The number of rotatable bonds is 2. The van der Waals surface area contributed by atoms with Gasteiger partial charge in [-0.05, 0) is 21.1 Å². The van der Waals surface area contributed by atoms with E-state index in [4.69, 9.17) is 0 Å². The minimum atomic E-state index is 1.09. The molecule has 3 nitrogen and oxygen atoms in total. The number of hydrogen-bond acceptors (Lipinski definition) is 3. The summed E-state index contributed by atoms with van der Waals surface area (Å²) in [5, 5.41) is 0. The van der Waals surface area contributed by atoms with Crippen molar-refractivity contribution in [3.8, 4) is 0 Å². The molecule has 1 aliphatic rings. The van der Waals surface area contributed by atoms with Crippen LogP contribution in [0.4, 0.5) is 0 Å². The van der Waals surface area contributed by atoms with Crippen molar-refractivity contribution in [2.75, 3.05) is 41.1 Å². The van der Waals surface area contributed by atoms with Gasteiger partial charge in [0.15, 0.2) is 0 Å². The maximum atomic E-state index is 2.38. The molecule has 0 saturated carbocycles. The summed E-state index contributed by atoms with van der Waals surface area (Å²) in [4.78, 5) is 6.84. The molecule has 1 aliphatic heterocycles. The van der Waals surface area contributed by atoms with E-state index >= 15 is 0 Å². The van der Waals surface area contributed by atoms with Crippen LogP contribution in [0.5, 0.6) is 0 Å². The Bertz CT molecular complexity index is 86.3. The Balaban J connectivity index is 2.04. The monoisotopic (exact) mass is 129 g/mol. The third kappa shape index (κ3) is 1.93. The van der Waals surface area contributed by atoms with E-state index in [9.17, 15) is 0 Å². The zero-order valence-corrected chi connectivity index (χ0v) is 6.46. The second kappa shape index (κ2) is 2.64. The predicted molar refractivity (Wildman–Crippen MR) is 37.9 cm³/mol. The second-order valence-electron chi connectivity index (χ2n) is 3.03. The first-order valence-electron chi connectivity index (χ1n) is 3.24. The Morgan fingerprint density at radius 2 is 1.89 bits per heavy atom. The molecule has 0 aliphatic carbocycles. The average molecular weight is 129 g/mol. The Hall–Kier alpha value is -0.120. The SMILES string of the molecule is CN(C)CN1CN(C)C1. The molecule has 0 amide bonds. The van der Waals surface area contributed by atoms with E-state index in [1.54, 1.807) is 0 Å². The summed E-state index contributed by atoms with van der Waals surface area (Å²) in [5.74, 6) is 0. The van der Waals surface area contributed by atoms with Gasteiger partial charge in [-0.25, -0.2) is 0 Å². The molecule has 0 atom stereocenters. The highest BCUT2D eigenvalue weighted by atomic mass is 15.5. The van der Waals surface area contributed by atoms with Gasteiger partial charge in [-0.1, -0.05) is 0 Å². The fourth-order valence-corrected chi connectivity index (χ4v) is 1.13. The Kier molecular flexibility index (Phi) is 2.05. The van der Waals surface area contributed by atoms with Gasteiger partial charge >= 0.3 is 0 Å². The highest BCUT2D eigenvalue weighted by Crippen LogP contribution is 2.03. The summed E-state index contributed by atoms with van der Waals surface area (Å²) in [6.45, 7) is 3.33. The van der Waals surface area contributed by atoms with Crippen LogP contribution in [0.3, 0.4) is 0 Å². The Morgan fingerprint density at radius 1 is 1.33 bits per heavy atom. The number of hydrogen-bond donors (Lipinski definition) is 0. The van der Waals surface area contributed by atoms with Crippen molar-refractivity contribution in [2.45, 2.75) is 0 Å². The van der Waals surface area contributed by atoms with Crippen LogP contribution in [-0.4, -0.2) is 55.8 Å². The molecule has 0 spiro atoms. The number of nitrogens with zero attached hydrogens (tertiary/aromatic N) is 3. The molecular formula is C6H15N3. The van der Waals surface area contributed by atoms with Crippen LogP contribution in [0.2, 0.25) is 0 Å². The third-order valence-corrected chi connectivity index (χ3v) is 1.37. The van der Waals surface area contributed by atoms with Gasteiger partial charge < -0.3 is 0 Å². The molecule has 1 heterocycles. The molecule has 1 saturated heterocycles. The van der Waals surface area contributed by atoms with E-state index in [0.29, 0.717) is 0 Å². The van der Waals surface area contributed by atoms with Crippen molar-refractivity contribution in [3.05, 3.63) is 0 Å². The van der Waals surface area contributed by atoms with Crippen molar-refractivity contribution in [2.24, 2.45) is 0 Å². The largest absolute Gasteiger partial charge is 0.297 e. The van der Waals surface area contributed by atoms with E-state index in [0.717, 1.165) is 20.0 Å². The predicted octanol–water partition coefficient (Wildman–Crippen LogP) is -0.332.